The van der Waals surface area contributed by atoms with E-state index in [1.165, 1.54) is 35.8 Å². The molecule has 0 radical (unpaired) electrons. The molecular weight excluding hydrogens is 905 g/mol. The van der Waals surface area contributed by atoms with Gasteiger partial charge in [0.25, 0.3) is 0 Å². The molecule has 68 heavy (non-hydrogen) atoms. The molecule has 2 amide bonds. The number of benzene rings is 4. The molecule has 4 aromatic carbocycles. The van der Waals surface area contributed by atoms with Gasteiger partial charge in [0.15, 0.2) is 0 Å². The van der Waals surface area contributed by atoms with Gasteiger partial charge in [-0.2, -0.15) is 0 Å². The van der Waals surface area contributed by atoms with Gasteiger partial charge in [0.2, 0.25) is 11.8 Å². The van der Waals surface area contributed by atoms with Gasteiger partial charge < -0.3 is 40.5 Å². The standard InChI is InChI=1S/C52H66N4O10S2/c1-27(2)43-49(61)53-41(51(63)65-9)25-67-68-26-42(52(64)66-10)54-50(62)44(28(3)4)56-23-39-17-31(7)13-35(47(39)59)19-33-11-29(5)15-37(45(33)57)21-55(43)22-38-16-30(6)12-34(46(38)58)20-36-14-32(8)18-40(24-56)48(36)60/h11-18,27-28,41-44,57-60H,19-26H2,1-10H3,(H,53,61)(H,54,62)/t41-,42-,43-,44-/m0/s1. The third-order valence-electron chi connectivity index (χ3n) is 12.6. The fraction of sp³-hybridized carbons (Fsp3) is 0.462. The minimum atomic E-state index is -1.11. The molecule has 0 unspecified atom stereocenters. The number of hydrogen-bond donors (Lipinski definition) is 6. The Kier molecular flexibility index (Phi) is 17.1. The highest BCUT2D eigenvalue weighted by Gasteiger charge is 2.37. The van der Waals surface area contributed by atoms with Crippen molar-refractivity contribution in [3.63, 3.8) is 0 Å². The molecule has 0 fully saturated rings. The number of carbonyl (C=O) groups excluding carboxylic acids is 4. The SMILES string of the molecule is COC(=O)[C@@H]1CSSC[C@@H](C(=O)OC)NC(=O)[C@H](C(C)C)N2Cc3cc(C)cc(c3O)Cc3cc(C)cc(c3O)CN(Cc3cc(C)cc(c3O)Cc3cc(C)cc(c3O)C2)[C@@H](C(C)C)C(=O)N1. The van der Waals surface area contributed by atoms with Crippen LogP contribution in [-0.4, -0.2) is 104 Å². The van der Waals surface area contributed by atoms with Gasteiger partial charge in [-0.25, -0.2) is 9.59 Å². The first kappa shape index (κ1) is 52.0. The number of ether oxygens (including phenoxy) is 2. The number of nitrogens with one attached hydrogen (secondary N) is 2. The van der Waals surface area contributed by atoms with Gasteiger partial charge in [-0.15, -0.1) is 0 Å². The van der Waals surface area contributed by atoms with E-state index in [4.69, 9.17) is 9.47 Å². The van der Waals surface area contributed by atoms with Gasteiger partial charge >= 0.3 is 11.9 Å². The molecular formula is C52H66N4O10S2. The van der Waals surface area contributed by atoms with E-state index >= 15 is 0 Å². The van der Waals surface area contributed by atoms with Crippen molar-refractivity contribution in [2.24, 2.45) is 11.8 Å². The van der Waals surface area contributed by atoms with Crippen molar-refractivity contribution >= 4 is 45.3 Å². The quantitative estimate of drug-likeness (QED) is 0.0903. The maximum Gasteiger partial charge on any atom is 0.329 e. The molecule has 7 rings (SSSR count). The van der Waals surface area contributed by atoms with E-state index in [0.717, 1.165) is 22.3 Å². The van der Waals surface area contributed by atoms with Crippen LogP contribution in [0.1, 0.15) is 94.5 Å². The molecule has 366 valence electrons. The molecule has 3 aliphatic rings. The molecule has 16 heteroatoms. The van der Waals surface area contributed by atoms with Gasteiger partial charge in [0.1, 0.15) is 35.1 Å². The zero-order valence-corrected chi connectivity index (χ0v) is 42.3. The number of phenolic OH excluding ortho intramolecular Hbond substituents is 4. The Hall–Kier alpha value is -5.42. The second-order valence-corrected chi connectivity index (χ2v) is 21.6. The van der Waals surface area contributed by atoms with Crippen molar-refractivity contribution in [3.8, 4) is 23.0 Å². The second-order valence-electron chi connectivity index (χ2n) is 19.0. The van der Waals surface area contributed by atoms with Crippen LogP contribution in [0.2, 0.25) is 0 Å². The van der Waals surface area contributed by atoms with Crippen LogP contribution < -0.4 is 10.6 Å². The normalized spacial score (nSPS) is 22.0. The summed E-state index contributed by atoms with van der Waals surface area (Å²) >= 11 is 0. The average molecular weight is 971 g/mol. The number of phenols is 4. The molecule has 3 heterocycles. The molecule has 4 aromatic rings. The number of rotatable bonds is 4. The molecule has 0 saturated carbocycles. The second kappa shape index (κ2) is 22.3. The van der Waals surface area contributed by atoms with Crippen LogP contribution in [0.4, 0.5) is 0 Å². The Labute approximate surface area is 407 Å². The van der Waals surface area contributed by atoms with E-state index in [1.807, 2.05) is 114 Å². The number of nitrogens with zero attached hydrogens (tertiary/aromatic N) is 2. The van der Waals surface area contributed by atoms with E-state index in [1.54, 1.807) is 0 Å². The zero-order chi connectivity index (χ0) is 49.7. The Bertz CT molecular complexity index is 2260. The van der Waals surface area contributed by atoms with E-state index in [-0.39, 0.29) is 85.4 Å². The summed E-state index contributed by atoms with van der Waals surface area (Å²) in [6.45, 7) is 15.4. The summed E-state index contributed by atoms with van der Waals surface area (Å²) in [6, 6.07) is 10.8. The highest BCUT2D eigenvalue weighted by atomic mass is 33.1. The van der Waals surface area contributed by atoms with Crippen LogP contribution in [-0.2, 0) is 67.7 Å². The van der Waals surface area contributed by atoms with E-state index in [9.17, 15) is 39.6 Å². The topological polar surface area (TPSA) is 198 Å². The van der Waals surface area contributed by atoms with Crippen molar-refractivity contribution in [3.05, 3.63) is 115 Å². The third kappa shape index (κ3) is 12.1. The molecule has 4 atom stereocenters. The summed E-state index contributed by atoms with van der Waals surface area (Å²) in [5.74, 6) is -3.04. The summed E-state index contributed by atoms with van der Waals surface area (Å²) in [5, 5.41) is 54.8. The summed E-state index contributed by atoms with van der Waals surface area (Å²) in [6.07, 6.45) is 0.258. The summed E-state index contributed by atoms with van der Waals surface area (Å²) in [4.78, 5) is 60.1. The molecule has 0 aliphatic carbocycles. The minimum Gasteiger partial charge on any atom is -0.507 e. The van der Waals surface area contributed by atoms with Crippen LogP contribution in [0.25, 0.3) is 0 Å². The Morgan fingerprint density at radius 1 is 0.515 bits per heavy atom. The number of aryl methyl sites for hydroxylation is 4. The zero-order valence-electron chi connectivity index (χ0n) is 40.7. The van der Waals surface area contributed by atoms with Crippen molar-refractivity contribution in [1.82, 2.24) is 20.4 Å². The molecule has 6 N–H and O–H groups in total. The maximum atomic E-state index is 14.8. The number of aromatic hydroxyl groups is 4. The lowest BCUT2D eigenvalue weighted by Crippen LogP contribution is -2.54. The lowest BCUT2D eigenvalue weighted by atomic mass is 9.92. The fourth-order valence-corrected chi connectivity index (χ4v) is 12.0. The molecule has 3 aliphatic heterocycles. The molecule has 14 nitrogen and oxygen atoms in total. The minimum absolute atomic E-state index is 0.0172. The molecule has 0 aromatic heterocycles. The third-order valence-corrected chi connectivity index (χ3v) is 15.1. The highest BCUT2D eigenvalue weighted by Crippen LogP contribution is 2.38. The maximum absolute atomic E-state index is 14.8. The van der Waals surface area contributed by atoms with Crippen LogP contribution in [0.3, 0.4) is 0 Å². The van der Waals surface area contributed by atoms with Gasteiger partial charge in [0, 0.05) is 72.8 Å². The van der Waals surface area contributed by atoms with Gasteiger partial charge in [-0.1, -0.05) is 120 Å². The first-order valence-electron chi connectivity index (χ1n) is 22.9. The van der Waals surface area contributed by atoms with E-state index < -0.39 is 47.9 Å². The smallest absolute Gasteiger partial charge is 0.329 e. The summed E-state index contributed by atoms with van der Waals surface area (Å²) in [5.41, 5.74) is 7.51. The number of carbonyl (C=O) groups is 4. The van der Waals surface area contributed by atoms with Gasteiger partial charge in [0.05, 0.1) is 26.3 Å². The Morgan fingerprint density at radius 2 is 0.765 bits per heavy atom. The lowest BCUT2D eigenvalue weighted by molar-refractivity contribution is -0.145. The predicted molar refractivity (Wildman–Crippen MR) is 266 cm³/mol. The average Bonchev–Trinajstić information content (AvgIpc) is 3.26. The Morgan fingerprint density at radius 3 is 1.00 bits per heavy atom. The number of hydrogen-bond acceptors (Lipinski definition) is 14. The Balaban J connectivity index is 1.67. The largest absolute Gasteiger partial charge is 0.507 e. The summed E-state index contributed by atoms with van der Waals surface area (Å²) in [7, 11) is 4.90. The lowest BCUT2D eigenvalue weighted by Gasteiger charge is -2.35. The molecule has 0 spiro atoms. The van der Waals surface area contributed by atoms with Crippen molar-refractivity contribution in [2.45, 2.75) is 119 Å². The van der Waals surface area contributed by atoms with Crippen LogP contribution >= 0.6 is 21.6 Å². The number of amides is 2. The van der Waals surface area contributed by atoms with Crippen LogP contribution in [0, 0.1) is 39.5 Å². The van der Waals surface area contributed by atoms with Crippen LogP contribution in [0.15, 0.2) is 48.5 Å². The van der Waals surface area contributed by atoms with E-state index in [2.05, 4.69) is 10.6 Å². The van der Waals surface area contributed by atoms with E-state index in [0.29, 0.717) is 44.5 Å². The monoisotopic (exact) mass is 970 g/mol. The van der Waals surface area contributed by atoms with Gasteiger partial charge in [-0.3, -0.25) is 19.4 Å². The van der Waals surface area contributed by atoms with Crippen molar-refractivity contribution in [2.75, 3.05) is 25.7 Å². The fourth-order valence-electron chi connectivity index (χ4n) is 9.70. The van der Waals surface area contributed by atoms with Crippen molar-refractivity contribution in [1.29, 1.82) is 0 Å². The summed E-state index contributed by atoms with van der Waals surface area (Å²) < 4.78 is 10.3. The predicted octanol–water partition coefficient (Wildman–Crippen LogP) is 7.00. The number of fused-ring (bicyclic) bond motifs is 11. The molecule has 0 saturated heterocycles. The molecule has 10 bridgehead atoms. The number of esters is 2. The first-order valence-corrected chi connectivity index (χ1v) is 25.4. The first-order chi connectivity index (χ1) is 32.2. The van der Waals surface area contributed by atoms with Crippen molar-refractivity contribution < 1.29 is 49.1 Å². The highest BCUT2D eigenvalue weighted by molar-refractivity contribution is 8.76. The number of methoxy groups -OCH3 is 2. The van der Waals surface area contributed by atoms with Crippen LogP contribution in [0.5, 0.6) is 23.0 Å². The van der Waals surface area contributed by atoms with Gasteiger partial charge in [-0.05, 0) is 61.8 Å².